The second-order valence-electron chi connectivity index (χ2n) is 8.22. The third-order valence-electron chi connectivity index (χ3n) is 5.46. The molecule has 0 aromatic carbocycles. The lowest BCUT2D eigenvalue weighted by atomic mass is 10.1. The highest BCUT2D eigenvalue weighted by Crippen LogP contribution is 2.20. The molecule has 34 heavy (non-hydrogen) atoms. The van der Waals surface area contributed by atoms with Crippen LogP contribution in [0.25, 0.3) is 0 Å². The van der Waals surface area contributed by atoms with Gasteiger partial charge in [0.25, 0.3) is 0 Å². The number of primary amides is 2. The highest BCUT2D eigenvalue weighted by Gasteiger charge is 2.39. The summed E-state index contributed by atoms with van der Waals surface area (Å²) in [6.07, 6.45) is 1.45. The first-order chi connectivity index (χ1) is 16.0. The Kier molecular flexibility index (Phi) is 11.9. The minimum absolute atomic E-state index is 0.0975. The van der Waals surface area contributed by atoms with E-state index in [2.05, 4.69) is 10.6 Å². The molecule has 1 heterocycles. The van der Waals surface area contributed by atoms with Gasteiger partial charge in [-0.1, -0.05) is 6.42 Å². The van der Waals surface area contributed by atoms with E-state index in [9.17, 15) is 33.9 Å². The summed E-state index contributed by atoms with van der Waals surface area (Å²) in [5.41, 5.74) is 21.5. The van der Waals surface area contributed by atoms with Crippen LogP contribution in [0, 0.1) is 0 Å². The predicted octanol–water partition coefficient (Wildman–Crippen LogP) is -3.37. The number of unbranched alkanes of at least 4 members (excludes halogenated alkanes) is 1. The molecule has 1 aliphatic rings. The summed E-state index contributed by atoms with van der Waals surface area (Å²) < 4.78 is 0. The summed E-state index contributed by atoms with van der Waals surface area (Å²) in [5.74, 6) is -5.01. The van der Waals surface area contributed by atoms with E-state index in [1.165, 1.54) is 4.90 Å². The van der Waals surface area contributed by atoms with E-state index in [1.54, 1.807) is 0 Å². The normalized spacial score (nSPS) is 17.9. The molecule has 5 amide bonds. The fraction of sp³-hybridized carbons (Fsp3) is 0.700. The van der Waals surface area contributed by atoms with Crippen LogP contribution in [-0.2, 0) is 28.8 Å². The molecule has 192 valence electrons. The van der Waals surface area contributed by atoms with E-state index in [-0.39, 0.29) is 25.8 Å². The maximum Gasteiger partial charge on any atom is 0.326 e. The van der Waals surface area contributed by atoms with Crippen LogP contribution in [0.2, 0.25) is 0 Å². The smallest absolute Gasteiger partial charge is 0.326 e. The number of likely N-dealkylation sites (tertiary alicyclic amines) is 1. The fourth-order valence-corrected chi connectivity index (χ4v) is 3.63. The molecule has 0 aromatic heterocycles. The number of carboxylic acid groups (broad SMARTS) is 1. The van der Waals surface area contributed by atoms with Gasteiger partial charge < -0.3 is 43.6 Å². The Morgan fingerprint density at radius 3 is 2.21 bits per heavy atom. The quantitative estimate of drug-likeness (QED) is 0.114. The van der Waals surface area contributed by atoms with Gasteiger partial charge in [0.05, 0.1) is 12.5 Å². The summed E-state index contributed by atoms with van der Waals surface area (Å²) in [4.78, 5) is 73.3. The van der Waals surface area contributed by atoms with Crippen LogP contribution in [0.1, 0.15) is 51.4 Å². The maximum atomic E-state index is 13.2. The molecule has 1 rings (SSSR count). The van der Waals surface area contributed by atoms with Gasteiger partial charge in [-0.25, -0.2) is 4.79 Å². The summed E-state index contributed by atoms with van der Waals surface area (Å²) in [6, 6.07) is -4.61. The van der Waals surface area contributed by atoms with Gasteiger partial charge in [0, 0.05) is 13.0 Å². The number of aliphatic carboxylic acids is 1. The molecule has 11 N–H and O–H groups in total. The van der Waals surface area contributed by atoms with Gasteiger partial charge in [0.1, 0.15) is 18.1 Å². The summed E-state index contributed by atoms with van der Waals surface area (Å²) in [6.45, 7) is 0.630. The minimum atomic E-state index is -1.54. The molecular weight excluding hydrogens is 450 g/mol. The van der Waals surface area contributed by atoms with Crippen LogP contribution in [0.15, 0.2) is 0 Å². The molecular formula is C20H35N7O7. The van der Waals surface area contributed by atoms with Gasteiger partial charge in [-0.15, -0.1) is 0 Å². The lowest BCUT2D eigenvalue weighted by Gasteiger charge is -2.29. The van der Waals surface area contributed by atoms with Crippen LogP contribution in [0.5, 0.6) is 0 Å². The fourth-order valence-electron chi connectivity index (χ4n) is 3.63. The number of nitrogens with one attached hydrogen (secondary N) is 2. The first-order valence-electron chi connectivity index (χ1n) is 11.1. The third-order valence-corrected chi connectivity index (χ3v) is 5.46. The zero-order chi connectivity index (χ0) is 25.8. The average molecular weight is 486 g/mol. The molecule has 14 heteroatoms. The zero-order valence-corrected chi connectivity index (χ0v) is 19.0. The second-order valence-corrected chi connectivity index (χ2v) is 8.22. The molecule has 0 aromatic rings. The Balaban J connectivity index is 2.94. The predicted molar refractivity (Wildman–Crippen MR) is 119 cm³/mol. The number of hydrogen-bond acceptors (Lipinski definition) is 8. The van der Waals surface area contributed by atoms with Gasteiger partial charge >= 0.3 is 5.97 Å². The van der Waals surface area contributed by atoms with Gasteiger partial charge in [0.2, 0.25) is 29.5 Å². The van der Waals surface area contributed by atoms with E-state index < -0.39 is 66.1 Å². The van der Waals surface area contributed by atoms with E-state index in [0.717, 1.165) is 0 Å². The van der Waals surface area contributed by atoms with Crippen LogP contribution in [0.3, 0.4) is 0 Å². The van der Waals surface area contributed by atoms with Crippen LogP contribution < -0.4 is 33.6 Å². The van der Waals surface area contributed by atoms with E-state index in [1.807, 2.05) is 0 Å². The van der Waals surface area contributed by atoms with Crippen molar-refractivity contribution in [2.45, 2.75) is 75.5 Å². The van der Waals surface area contributed by atoms with Crippen molar-refractivity contribution < 1.29 is 33.9 Å². The van der Waals surface area contributed by atoms with Gasteiger partial charge in [0.15, 0.2) is 0 Å². The third kappa shape index (κ3) is 9.31. The van der Waals surface area contributed by atoms with E-state index in [0.29, 0.717) is 32.2 Å². The molecule has 0 spiro atoms. The molecule has 14 nitrogen and oxygen atoms in total. The SMILES string of the molecule is NCCCC[C@H](N)C(=O)N[C@@H](CCC(N)=O)C(=O)N1CCC[C@H]1C(=O)N[C@@H](CC(N)=O)C(=O)O. The van der Waals surface area contributed by atoms with Crippen molar-refractivity contribution in [3.05, 3.63) is 0 Å². The van der Waals surface area contributed by atoms with Crippen molar-refractivity contribution in [1.82, 2.24) is 15.5 Å². The minimum Gasteiger partial charge on any atom is -0.480 e. The Bertz CT molecular complexity index is 776. The first kappa shape index (κ1) is 28.8. The number of carboxylic acids is 1. The second kappa shape index (κ2) is 14.1. The molecule has 0 unspecified atom stereocenters. The van der Waals surface area contributed by atoms with Crippen LogP contribution in [0.4, 0.5) is 0 Å². The first-order valence-corrected chi connectivity index (χ1v) is 11.1. The highest BCUT2D eigenvalue weighted by atomic mass is 16.4. The molecule has 0 bridgehead atoms. The number of nitrogens with zero attached hydrogens (tertiary/aromatic N) is 1. The molecule has 1 fully saturated rings. The molecule has 1 saturated heterocycles. The van der Waals surface area contributed by atoms with Crippen molar-refractivity contribution in [2.24, 2.45) is 22.9 Å². The summed E-state index contributed by atoms with van der Waals surface area (Å²) >= 11 is 0. The lowest BCUT2D eigenvalue weighted by molar-refractivity contribution is -0.146. The highest BCUT2D eigenvalue weighted by molar-refractivity contribution is 5.95. The average Bonchev–Trinajstić information content (AvgIpc) is 3.25. The molecule has 4 atom stereocenters. The Labute approximate surface area is 197 Å². The number of amides is 5. The number of hydrogen-bond donors (Lipinski definition) is 7. The molecule has 0 aliphatic carbocycles. The van der Waals surface area contributed by atoms with Crippen LogP contribution in [-0.4, -0.2) is 82.8 Å². The monoisotopic (exact) mass is 485 g/mol. The molecule has 1 aliphatic heterocycles. The van der Waals surface area contributed by atoms with Gasteiger partial charge in [-0.05, 0) is 38.6 Å². The van der Waals surface area contributed by atoms with E-state index in [4.69, 9.17) is 22.9 Å². The molecule has 0 saturated carbocycles. The Morgan fingerprint density at radius 1 is 0.971 bits per heavy atom. The lowest BCUT2D eigenvalue weighted by Crippen LogP contribution is -2.57. The number of rotatable bonds is 15. The molecule has 0 radical (unpaired) electrons. The van der Waals surface area contributed by atoms with Crippen molar-refractivity contribution in [1.29, 1.82) is 0 Å². The number of nitrogens with two attached hydrogens (primary N) is 4. The van der Waals surface area contributed by atoms with Crippen molar-refractivity contribution in [3.63, 3.8) is 0 Å². The van der Waals surface area contributed by atoms with Crippen LogP contribution >= 0.6 is 0 Å². The van der Waals surface area contributed by atoms with E-state index >= 15 is 0 Å². The van der Waals surface area contributed by atoms with Gasteiger partial charge in [-0.3, -0.25) is 24.0 Å². The zero-order valence-electron chi connectivity index (χ0n) is 19.0. The standard InChI is InChI=1S/C20H35N7O7/c21-8-2-1-4-11(22)17(30)25-12(6-7-15(23)28)19(32)27-9-3-5-14(27)18(31)26-13(20(33)34)10-16(24)29/h11-14H,1-10,21-22H2,(H2,23,28)(H2,24,29)(H,25,30)(H,26,31)(H,33,34)/t11-,12-,13-,14-/m0/s1. The Hall–Kier alpha value is -3.26. The largest absolute Gasteiger partial charge is 0.480 e. The number of carbonyl (C=O) groups is 6. The summed E-state index contributed by atoms with van der Waals surface area (Å²) in [7, 11) is 0. The summed E-state index contributed by atoms with van der Waals surface area (Å²) in [5, 5.41) is 14.0. The number of carbonyl (C=O) groups excluding carboxylic acids is 5. The van der Waals surface area contributed by atoms with Crippen molar-refractivity contribution in [2.75, 3.05) is 13.1 Å². The van der Waals surface area contributed by atoms with Crippen molar-refractivity contribution in [3.8, 4) is 0 Å². The van der Waals surface area contributed by atoms with Gasteiger partial charge in [-0.2, -0.15) is 0 Å². The Morgan fingerprint density at radius 2 is 1.65 bits per heavy atom. The topological polar surface area (TPSA) is 254 Å². The van der Waals surface area contributed by atoms with Crippen molar-refractivity contribution >= 4 is 35.5 Å². The maximum absolute atomic E-state index is 13.2.